The van der Waals surface area contributed by atoms with Crippen LogP contribution in [0.3, 0.4) is 0 Å². The van der Waals surface area contributed by atoms with Crippen molar-refractivity contribution in [2.75, 3.05) is 33.4 Å². The van der Waals surface area contributed by atoms with E-state index in [0.717, 1.165) is 12.0 Å². The van der Waals surface area contributed by atoms with Crippen molar-refractivity contribution in [1.82, 2.24) is 9.62 Å². The van der Waals surface area contributed by atoms with Gasteiger partial charge in [-0.15, -0.1) is 0 Å². The van der Waals surface area contributed by atoms with Gasteiger partial charge in [0.15, 0.2) is 6.29 Å². The molecule has 0 saturated carbocycles. The van der Waals surface area contributed by atoms with Gasteiger partial charge in [-0.05, 0) is 67.9 Å². The van der Waals surface area contributed by atoms with Gasteiger partial charge in [-0.1, -0.05) is 44.2 Å². The number of carbonyl (C=O) groups excluding carboxylic acids is 2. The summed E-state index contributed by atoms with van der Waals surface area (Å²) in [6.07, 6.45) is -0.286. The van der Waals surface area contributed by atoms with Gasteiger partial charge in [0.25, 0.3) is 0 Å². The molecule has 4 rings (SSSR count). The van der Waals surface area contributed by atoms with E-state index in [4.69, 9.17) is 18.9 Å². The number of fused-ring (bicyclic) bond motifs is 1. The minimum Gasteiger partial charge on any atom is -0.497 e. The van der Waals surface area contributed by atoms with Crippen molar-refractivity contribution in [3.05, 3.63) is 60.2 Å². The molecular formula is C33H46N2O9S. The maximum atomic E-state index is 14.0. The van der Waals surface area contributed by atoms with E-state index in [2.05, 4.69) is 5.32 Å². The van der Waals surface area contributed by atoms with Crippen LogP contribution in [0.15, 0.2) is 59.5 Å². The number of aliphatic hydroxyl groups excluding tert-OH is 1. The standard InChI is InChI=1S/C33H46N2O9S/c1-23(36)9-8-17-33(2,3)22-35(45(39,40)26-14-12-25(41-4)13-15-26)20-29(37)28(19-24-10-6-5-7-11-24)34-32(38)44-30-21-43-31-27(30)16-18-42-31/h5-7,10-15,27-31,37H,8-9,16-22H2,1-4H3,(H,34,38). The summed E-state index contributed by atoms with van der Waals surface area (Å²) < 4.78 is 51.4. The van der Waals surface area contributed by atoms with Gasteiger partial charge in [0.1, 0.15) is 17.6 Å². The Morgan fingerprint density at radius 2 is 1.82 bits per heavy atom. The molecule has 0 aliphatic carbocycles. The summed E-state index contributed by atoms with van der Waals surface area (Å²) in [4.78, 5) is 24.8. The average Bonchev–Trinajstić information content (AvgIpc) is 3.62. The minimum atomic E-state index is -4.08. The molecule has 0 aromatic heterocycles. The molecule has 5 unspecified atom stereocenters. The largest absolute Gasteiger partial charge is 0.497 e. The molecule has 45 heavy (non-hydrogen) atoms. The molecule has 2 aliphatic rings. The van der Waals surface area contributed by atoms with E-state index in [0.29, 0.717) is 31.6 Å². The van der Waals surface area contributed by atoms with Crippen molar-refractivity contribution in [3.8, 4) is 5.75 Å². The van der Waals surface area contributed by atoms with E-state index >= 15 is 0 Å². The summed E-state index contributed by atoms with van der Waals surface area (Å²) in [5.41, 5.74) is 0.336. The molecule has 12 heteroatoms. The number of alkyl carbamates (subject to hydrolysis) is 1. The second-order valence-electron chi connectivity index (χ2n) is 12.7. The lowest BCUT2D eigenvalue weighted by Crippen LogP contribution is -2.52. The number of sulfonamides is 1. The first kappa shape index (κ1) is 34.8. The molecular weight excluding hydrogens is 600 g/mol. The number of ether oxygens (including phenoxy) is 4. The lowest BCUT2D eigenvalue weighted by Gasteiger charge is -2.35. The zero-order chi connectivity index (χ0) is 32.6. The van der Waals surface area contributed by atoms with Crippen LogP contribution in [0.2, 0.25) is 0 Å². The van der Waals surface area contributed by atoms with Gasteiger partial charge in [-0.25, -0.2) is 13.2 Å². The molecule has 0 radical (unpaired) electrons. The summed E-state index contributed by atoms with van der Waals surface area (Å²) >= 11 is 0. The predicted octanol–water partition coefficient (Wildman–Crippen LogP) is 3.93. The van der Waals surface area contributed by atoms with Crippen molar-refractivity contribution in [2.24, 2.45) is 11.3 Å². The second kappa shape index (κ2) is 15.5. The zero-order valence-electron chi connectivity index (χ0n) is 26.5. The Labute approximate surface area is 266 Å². The predicted molar refractivity (Wildman–Crippen MR) is 167 cm³/mol. The van der Waals surface area contributed by atoms with Crippen LogP contribution >= 0.6 is 0 Å². The molecule has 2 fully saturated rings. The van der Waals surface area contributed by atoms with Crippen molar-refractivity contribution >= 4 is 21.9 Å². The Kier molecular flexibility index (Phi) is 12.0. The minimum absolute atomic E-state index is 0.0522. The molecule has 2 heterocycles. The normalized spacial score (nSPS) is 21.2. The number of ketones is 1. The van der Waals surface area contributed by atoms with Crippen LogP contribution in [0.25, 0.3) is 0 Å². The molecule has 11 nitrogen and oxygen atoms in total. The number of nitrogens with one attached hydrogen (secondary N) is 1. The Morgan fingerprint density at radius 3 is 2.49 bits per heavy atom. The van der Waals surface area contributed by atoms with Crippen molar-refractivity contribution < 1.29 is 42.1 Å². The number of hydrogen-bond acceptors (Lipinski definition) is 9. The molecule has 1 amide bonds. The molecule has 2 N–H and O–H groups in total. The molecule has 2 aromatic carbocycles. The lowest BCUT2D eigenvalue weighted by molar-refractivity contribution is -0.117. The highest BCUT2D eigenvalue weighted by Crippen LogP contribution is 2.33. The average molecular weight is 647 g/mol. The summed E-state index contributed by atoms with van der Waals surface area (Å²) in [7, 11) is -2.58. The van der Waals surface area contributed by atoms with Crippen LogP contribution in [-0.2, 0) is 35.4 Å². The Morgan fingerprint density at radius 1 is 1.11 bits per heavy atom. The summed E-state index contributed by atoms with van der Waals surface area (Å²) in [6, 6.07) is 14.6. The van der Waals surface area contributed by atoms with Gasteiger partial charge in [0.05, 0.1) is 43.3 Å². The first-order valence-corrected chi connectivity index (χ1v) is 16.9. The quantitative estimate of drug-likeness (QED) is 0.278. The zero-order valence-corrected chi connectivity index (χ0v) is 27.3. The number of methoxy groups -OCH3 is 1. The number of hydrogen-bond donors (Lipinski definition) is 2. The van der Waals surface area contributed by atoms with Gasteiger partial charge in [0.2, 0.25) is 10.0 Å². The number of aliphatic hydroxyl groups is 1. The number of benzene rings is 2. The topological polar surface area (TPSA) is 141 Å². The highest BCUT2D eigenvalue weighted by Gasteiger charge is 2.44. The molecule has 2 aliphatic heterocycles. The number of Topliss-reactive ketones (excluding diaryl/α,β-unsaturated/α-hetero) is 1. The summed E-state index contributed by atoms with van der Waals surface area (Å²) in [5, 5.41) is 14.5. The third kappa shape index (κ3) is 9.73. The molecule has 0 spiro atoms. The van der Waals surface area contributed by atoms with Crippen LogP contribution < -0.4 is 10.1 Å². The van der Waals surface area contributed by atoms with Gasteiger partial charge < -0.3 is 34.2 Å². The van der Waals surface area contributed by atoms with Crippen molar-refractivity contribution in [2.45, 2.75) is 82.3 Å². The second-order valence-corrected chi connectivity index (χ2v) is 14.6. The molecule has 5 atom stereocenters. The van der Waals surface area contributed by atoms with E-state index in [1.54, 1.807) is 12.1 Å². The molecule has 2 saturated heterocycles. The summed E-state index contributed by atoms with van der Waals surface area (Å²) in [6.45, 7) is 5.98. The number of amides is 1. The number of rotatable bonds is 16. The monoisotopic (exact) mass is 646 g/mol. The fraction of sp³-hybridized carbons (Fsp3) is 0.576. The SMILES string of the molecule is COc1ccc(S(=O)(=O)N(CC(O)C(Cc2ccccc2)NC(=O)OC2COC3OCCC23)CC(C)(C)CCCC(C)=O)cc1. The van der Waals surface area contributed by atoms with E-state index in [-0.39, 0.29) is 49.0 Å². The van der Waals surface area contributed by atoms with Gasteiger partial charge in [-0.3, -0.25) is 0 Å². The first-order valence-electron chi connectivity index (χ1n) is 15.4. The van der Waals surface area contributed by atoms with Gasteiger partial charge in [0, 0.05) is 19.5 Å². The third-order valence-electron chi connectivity index (χ3n) is 8.38. The maximum absolute atomic E-state index is 14.0. The van der Waals surface area contributed by atoms with E-state index in [9.17, 15) is 23.1 Å². The Hall–Kier alpha value is -3.03. The van der Waals surface area contributed by atoms with Crippen molar-refractivity contribution in [1.29, 1.82) is 0 Å². The molecule has 0 bridgehead atoms. The maximum Gasteiger partial charge on any atom is 0.407 e. The highest BCUT2D eigenvalue weighted by atomic mass is 32.2. The van der Waals surface area contributed by atoms with E-state index < -0.39 is 39.8 Å². The van der Waals surface area contributed by atoms with Gasteiger partial charge >= 0.3 is 6.09 Å². The lowest BCUT2D eigenvalue weighted by atomic mass is 9.86. The fourth-order valence-electron chi connectivity index (χ4n) is 5.87. The van der Waals surface area contributed by atoms with E-state index in [1.165, 1.54) is 30.5 Å². The smallest absolute Gasteiger partial charge is 0.407 e. The Balaban J connectivity index is 1.56. The number of nitrogens with zero attached hydrogens (tertiary/aromatic N) is 1. The Bertz CT molecular complexity index is 1370. The van der Waals surface area contributed by atoms with E-state index in [1.807, 2.05) is 44.2 Å². The summed E-state index contributed by atoms with van der Waals surface area (Å²) in [5.74, 6) is 0.535. The van der Waals surface area contributed by atoms with Crippen LogP contribution in [0, 0.1) is 11.3 Å². The highest BCUT2D eigenvalue weighted by molar-refractivity contribution is 7.89. The third-order valence-corrected chi connectivity index (χ3v) is 10.2. The van der Waals surface area contributed by atoms with Crippen molar-refractivity contribution in [3.63, 3.8) is 0 Å². The van der Waals surface area contributed by atoms with Crippen LogP contribution in [0.1, 0.15) is 52.0 Å². The van der Waals surface area contributed by atoms with Crippen LogP contribution in [-0.4, -0.2) is 87.7 Å². The molecule has 248 valence electrons. The van der Waals surface area contributed by atoms with Crippen LogP contribution in [0.5, 0.6) is 5.75 Å². The molecule has 2 aromatic rings. The number of carbonyl (C=O) groups is 2. The van der Waals surface area contributed by atoms with Crippen LogP contribution in [0.4, 0.5) is 4.79 Å². The van der Waals surface area contributed by atoms with Gasteiger partial charge in [-0.2, -0.15) is 4.31 Å². The fourth-order valence-corrected chi connectivity index (χ4v) is 7.52. The first-order chi connectivity index (χ1) is 21.4.